The van der Waals surface area contributed by atoms with Gasteiger partial charge in [0.2, 0.25) is 5.91 Å². The van der Waals surface area contributed by atoms with E-state index in [2.05, 4.69) is 15.6 Å². The highest BCUT2D eigenvalue weighted by Crippen LogP contribution is 2.26. The van der Waals surface area contributed by atoms with E-state index in [0.29, 0.717) is 0 Å². The van der Waals surface area contributed by atoms with Crippen LogP contribution in [-0.4, -0.2) is 26.9 Å². The summed E-state index contributed by atoms with van der Waals surface area (Å²) >= 11 is 0. The summed E-state index contributed by atoms with van der Waals surface area (Å²) in [6, 6.07) is 9.93. The first-order valence-electron chi connectivity index (χ1n) is 8.01. The number of halogens is 1. The Bertz CT molecular complexity index is 685. The van der Waals surface area contributed by atoms with E-state index in [1.165, 1.54) is 0 Å². The molecule has 24 heavy (non-hydrogen) atoms. The molecule has 0 bridgehead atoms. The molecular formula is C17H24ClN5O. The van der Waals surface area contributed by atoms with Crippen LogP contribution in [0.25, 0.3) is 5.69 Å². The lowest BCUT2D eigenvalue weighted by molar-refractivity contribution is -0.126. The third kappa shape index (κ3) is 3.94. The molecule has 1 saturated carbocycles. The van der Waals surface area contributed by atoms with E-state index < -0.39 is 5.54 Å². The minimum absolute atomic E-state index is 0. The zero-order chi connectivity index (χ0) is 16.4. The van der Waals surface area contributed by atoms with Gasteiger partial charge in [0.1, 0.15) is 5.69 Å². The number of nitrogens with two attached hydrogens (primary N) is 1. The molecule has 1 amide bonds. The molecule has 7 heteroatoms. The van der Waals surface area contributed by atoms with Crippen LogP contribution >= 0.6 is 12.4 Å². The van der Waals surface area contributed by atoms with Crippen LogP contribution in [0.4, 0.5) is 0 Å². The largest absolute Gasteiger partial charge is 0.345 e. The summed E-state index contributed by atoms with van der Waals surface area (Å²) in [5.74, 6) is 0.0608. The molecule has 6 nitrogen and oxygen atoms in total. The van der Waals surface area contributed by atoms with Crippen molar-refractivity contribution in [2.24, 2.45) is 11.7 Å². The van der Waals surface area contributed by atoms with Crippen molar-refractivity contribution in [2.45, 2.75) is 44.7 Å². The van der Waals surface area contributed by atoms with Crippen molar-refractivity contribution < 1.29 is 4.79 Å². The van der Waals surface area contributed by atoms with E-state index in [4.69, 9.17) is 5.73 Å². The normalized spacial score (nSPS) is 20.5. The minimum Gasteiger partial charge on any atom is -0.345 e. The summed E-state index contributed by atoms with van der Waals surface area (Å²) < 4.78 is 1.72. The summed E-state index contributed by atoms with van der Waals surface area (Å²) in [5.41, 5.74) is 7.00. The fraction of sp³-hybridized carbons (Fsp3) is 0.471. The molecule has 2 unspecified atom stereocenters. The average molecular weight is 350 g/mol. The summed E-state index contributed by atoms with van der Waals surface area (Å²) in [4.78, 5) is 12.4. The molecule has 2 aromatic rings. The number of rotatable bonds is 4. The molecule has 2 atom stereocenters. The lowest BCUT2D eigenvalue weighted by Crippen LogP contribution is -2.44. The molecule has 0 saturated heterocycles. The van der Waals surface area contributed by atoms with Gasteiger partial charge < -0.3 is 11.1 Å². The van der Waals surface area contributed by atoms with Gasteiger partial charge in [-0.3, -0.25) is 4.79 Å². The van der Waals surface area contributed by atoms with E-state index in [0.717, 1.165) is 30.6 Å². The van der Waals surface area contributed by atoms with Gasteiger partial charge in [0, 0.05) is 12.0 Å². The van der Waals surface area contributed by atoms with Gasteiger partial charge in [-0.1, -0.05) is 23.4 Å². The van der Waals surface area contributed by atoms with Gasteiger partial charge in [-0.15, -0.1) is 17.5 Å². The number of carbonyl (C=O) groups excluding carboxylic acids is 1. The number of aromatic nitrogens is 3. The molecule has 3 rings (SSSR count). The average Bonchev–Trinajstić information content (AvgIpc) is 3.17. The van der Waals surface area contributed by atoms with E-state index in [-0.39, 0.29) is 30.3 Å². The Labute approximate surface area is 148 Å². The Morgan fingerprint density at radius 2 is 2.00 bits per heavy atom. The molecule has 1 heterocycles. The Morgan fingerprint density at radius 1 is 1.29 bits per heavy atom. The highest BCUT2D eigenvalue weighted by atomic mass is 35.5. The van der Waals surface area contributed by atoms with Crippen LogP contribution in [0.15, 0.2) is 36.5 Å². The van der Waals surface area contributed by atoms with Gasteiger partial charge in [0.05, 0.1) is 17.4 Å². The van der Waals surface area contributed by atoms with Crippen LogP contribution in [0.5, 0.6) is 0 Å². The number of benzene rings is 1. The molecule has 1 aromatic heterocycles. The molecule has 1 fully saturated rings. The first kappa shape index (κ1) is 18.4. The van der Waals surface area contributed by atoms with Crippen LogP contribution in [-0.2, 0) is 10.3 Å². The molecular weight excluding hydrogens is 326 g/mol. The number of nitrogens with zero attached hydrogens (tertiary/aromatic N) is 3. The Morgan fingerprint density at radius 3 is 2.62 bits per heavy atom. The van der Waals surface area contributed by atoms with Crippen molar-refractivity contribution in [3.63, 3.8) is 0 Å². The first-order valence-corrected chi connectivity index (χ1v) is 8.01. The fourth-order valence-electron chi connectivity index (χ4n) is 2.99. The fourth-order valence-corrected chi connectivity index (χ4v) is 2.99. The number of nitrogens with one attached hydrogen (secondary N) is 1. The number of amides is 1. The van der Waals surface area contributed by atoms with E-state index in [1.807, 2.05) is 50.4 Å². The number of para-hydroxylation sites is 1. The van der Waals surface area contributed by atoms with Crippen LogP contribution in [0, 0.1) is 5.92 Å². The number of hydrogen-bond donors (Lipinski definition) is 2. The van der Waals surface area contributed by atoms with Gasteiger partial charge in [-0.2, -0.15) is 0 Å². The summed E-state index contributed by atoms with van der Waals surface area (Å²) in [5, 5.41) is 11.5. The minimum atomic E-state index is -0.573. The smallest absolute Gasteiger partial charge is 0.223 e. The zero-order valence-electron chi connectivity index (χ0n) is 14.0. The molecule has 3 N–H and O–H groups in total. The third-order valence-corrected chi connectivity index (χ3v) is 4.43. The van der Waals surface area contributed by atoms with Crippen LogP contribution < -0.4 is 11.1 Å². The van der Waals surface area contributed by atoms with Gasteiger partial charge >= 0.3 is 0 Å². The van der Waals surface area contributed by atoms with Gasteiger partial charge in [0.25, 0.3) is 0 Å². The highest BCUT2D eigenvalue weighted by molar-refractivity contribution is 5.85. The second kappa shape index (κ2) is 7.32. The highest BCUT2D eigenvalue weighted by Gasteiger charge is 2.33. The molecule has 1 aromatic carbocycles. The molecule has 0 aliphatic heterocycles. The van der Waals surface area contributed by atoms with Gasteiger partial charge in [-0.05, 0) is 45.2 Å². The van der Waals surface area contributed by atoms with Crippen LogP contribution in [0.3, 0.4) is 0 Å². The second-order valence-electron chi connectivity index (χ2n) is 6.77. The predicted octanol–water partition coefficient (Wildman–Crippen LogP) is 2.17. The summed E-state index contributed by atoms with van der Waals surface area (Å²) in [7, 11) is 0. The molecule has 1 aliphatic rings. The van der Waals surface area contributed by atoms with E-state index >= 15 is 0 Å². The SMILES string of the molecule is CC(C)(NC(=O)C1CCC(N)C1)c1cn(-c2ccccc2)nn1.Cl. The van der Waals surface area contributed by atoms with E-state index in [9.17, 15) is 4.79 Å². The van der Waals surface area contributed by atoms with Crippen LogP contribution in [0.1, 0.15) is 38.8 Å². The lowest BCUT2D eigenvalue weighted by Gasteiger charge is -2.25. The molecule has 130 valence electrons. The van der Waals surface area contributed by atoms with Crippen molar-refractivity contribution in [3.8, 4) is 5.69 Å². The maximum atomic E-state index is 12.4. The maximum Gasteiger partial charge on any atom is 0.223 e. The number of hydrogen-bond acceptors (Lipinski definition) is 4. The van der Waals surface area contributed by atoms with E-state index in [1.54, 1.807) is 4.68 Å². The predicted molar refractivity (Wildman–Crippen MR) is 95.1 cm³/mol. The van der Waals surface area contributed by atoms with Crippen molar-refractivity contribution >= 4 is 18.3 Å². The quantitative estimate of drug-likeness (QED) is 0.885. The summed E-state index contributed by atoms with van der Waals surface area (Å²) in [6.45, 7) is 3.89. The van der Waals surface area contributed by atoms with Crippen molar-refractivity contribution in [1.82, 2.24) is 20.3 Å². The summed E-state index contributed by atoms with van der Waals surface area (Å²) in [6.07, 6.45) is 4.40. The third-order valence-electron chi connectivity index (χ3n) is 4.43. The molecule has 0 radical (unpaired) electrons. The van der Waals surface area contributed by atoms with Crippen molar-refractivity contribution in [2.75, 3.05) is 0 Å². The molecule has 0 spiro atoms. The zero-order valence-corrected chi connectivity index (χ0v) is 14.8. The van der Waals surface area contributed by atoms with Gasteiger partial charge in [0.15, 0.2) is 0 Å². The maximum absolute atomic E-state index is 12.4. The lowest BCUT2D eigenvalue weighted by atomic mass is 9.98. The Balaban J connectivity index is 0.00000208. The molecule has 1 aliphatic carbocycles. The standard InChI is InChI=1S/C17H23N5O.ClH/c1-17(2,19-16(23)12-8-9-13(18)10-12)15-11-22(21-20-15)14-6-4-3-5-7-14;/h3-7,11-13H,8-10,18H2,1-2H3,(H,19,23);1H. The Kier molecular flexibility index (Phi) is 5.62. The van der Waals surface area contributed by atoms with Crippen molar-refractivity contribution in [1.29, 1.82) is 0 Å². The Hall–Kier alpha value is -1.92. The van der Waals surface area contributed by atoms with Crippen molar-refractivity contribution in [3.05, 3.63) is 42.2 Å². The monoisotopic (exact) mass is 349 g/mol. The first-order chi connectivity index (χ1) is 11.0. The topological polar surface area (TPSA) is 85.8 Å². The second-order valence-corrected chi connectivity index (χ2v) is 6.77. The number of carbonyl (C=O) groups is 1. The van der Waals surface area contributed by atoms with Crippen LogP contribution in [0.2, 0.25) is 0 Å². The van der Waals surface area contributed by atoms with Gasteiger partial charge in [-0.25, -0.2) is 4.68 Å².